The van der Waals surface area contributed by atoms with Gasteiger partial charge in [-0.2, -0.15) is 4.31 Å². The van der Waals surface area contributed by atoms with Crippen molar-refractivity contribution in [2.75, 3.05) is 39.0 Å². The number of aryl methyl sites for hydroxylation is 1. The molecule has 1 aliphatic heterocycles. The normalized spacial score (nSPS) is 23.9. The molecule has 1 aromatic carbocycles. The molecule has 30 heavy (non-hydrogen) atoms. The number of sulfonamides is 1. The van der Waals surface area contributed by atoms with E-state index in [0.717, 1.165) is 18.4 Å². The third-order valence-electron chi connectivity index (χ3n) is 5.84. The van der Waals surface area contributed by atoms with Crippen LogP contribution in [0, 0.1) is 12.8 Å². The Labute approximate surface area is 178 Å². The van der Waals surface area contributed by atoms with E-state index in [9.17, 15) is 18.0 Å². The average molecular weight is 438 g/mol. The Hall–Kier alpha value is -2.13. The van der Waals surface area contributed by atoms with Crippen molar-refractivity contribution in [2.45, 2.75) is 38.6 Å². The summed E-state index contributed by atoms with van der Waals surface area (Å²) in [5.41, 5.74) is 1.03. The monoisotopic (exact) mass is 437 g/mol. The van der Waals surface area contributed by atoms with E-state index in [1.54, 1.807) is 11.0 Å². The lowest BCUT2D eigenvalue weighted by Crippen LogP contribution is -2.55. The van der Waals surface area contributed by atoms with E-state index in [1.807, 2.05) is 25.1 Å². The molecule has 0 spiro atoms. The predicted octanol–water partition coefficient (Wildman–Crippen LogP) is 1.15. The van der Waals surface area contributed by atoms with Gasteiger partial charge in [-0.25, -0.2) is 8.42 Å². The molecule has 1 saturated carbocycles. The van der Waals surface area contributed by atoms with Gasteiger partial charge in [0.15, 0.2) is 6.61 Å². The molecule has 2 amide bonds. The van der Waals surface area contributed by atoms with E-state index in [-0.39, 0.29) is 43.5 Å². The van der Waals surface area contributed by atoms with Crippen molar-refractivity contribution in [3.05, 3.63) is 29.8 Å². The largest absolute Gasteiger partial charge is 0.484 e. The Balaban J connectivity index is 1.71. The molecule has 1 aliphatic carbocycles. The zero-order valence-corrected chi connectivity index (χ0v) is 18.5. The Kier molecular flexibility index (Phi) is 7.36. The number of benzene rings is 1. The first-order valence-corrected chi connectivity index (χ1v) is 12.3. The number of fused-ring (bicyclic) bond motifs is 1. The minimum atomic E-state index is -3.51. The highest BCUT2D eigenvalue weighted by molar-refractivity contribution is 7.88. The van der Waals surface area contributed by atoms with Gasteiger partial charge in [0, 0.05) is 32.2 Å². The van der Waals surface area contributed by atoms with Crippen molar-refractivity contribution in [2.24, 2.45) is 5.92 Å². The Morgan fingerprint density at radius 1 is 1.20 bits per heavy atom. The fourth-order valence-electron chi connectivity index (χ4n) is 4.31. The second kappa shape index (κ2) is 9.78. The topological polar surface area (TPSA) is 96.0 Å². The standard InChI is InChI=1S/C21H31N3O5S/c1-16-6-5-7-17(14-16)29-15-20(25)23-11-10-22-21(26)18-8-3-4-9-19(18)24(13-12-23)30(2,27)28/h5-7,14,18-19H,3-4,8-13,15H2,1-2H3,(H,22,26). The maximum atomic E-state index is 12.8. The van der Waals surface area contributed by atoms with E-state index < -0.39 is 10.0 Å². The van der Waals surface area contributed by atoms with Crippen LogP contribution in [-0.2, 0) is 19.6 Å². The highest BCUT2D eigenvalue weighted by Crippen LogP contribution is 2.30. The van der Waals surface area contributed by atoms with Gasteiger partial charge in [0.25, 0.3) is 5.91 Å². The van der Waals surface area contributed by atoms with Crippen LogP contribution < -0.4 is 10.1 Å². The van der Waals surface area contributed by atoms with E-state index >= 15 is 0 Å². The number of hydrogen-bond donors (Lipinski definition) is 1. The molecule has 2 aliphatic rings. The van der Waals surface area contributed by atoms with Gasteiger partial charge < -0.3 is 15.0 Å². The van der Waals surface area contributed by atoms with E-state index in [1.165, 1.54) is 10.6 Å². The lowest BCUT2D eigenvalue weighted by atomic mass is 9.83. The Morgan fingerprint density at radius 2 is 1.97 bits per heavy atom. The van der Waals surface area contributed by atoms with Crippen LogP contribution in [0.2, 0.25) is 0 Å². The van der Waals surface area contributed by atoms with Gasteiger partial charge in [0.05, 0.1) is 12.2 Å². The minimum Gasteiger partial charge on any atom is -0.484 e. The summed E-state index contributed by atoms with van der Waals surface area (Å²) in [6.45, 7) is 2.92. The molecular formula is C21H31N3O5S. The first-order chi connectivity index (χ1) is 14.3. The average Bonchev–Trinajstić information content (AvgIpc) is 2.70. The lowest BCUT2D eigenvalue weighted by molar-refractivity contribution is -0.135. The second-order valence-electron chi connectivity index (χ2n) is 8.11. The molecule has 2 atom stereocenters. The molecule has 1 saturated heterocycles. The number of hydrogen-bond acceptors (Lipinski definition) is 5. The molecule has 0 aromatic heterocycles. The molecule has 3 rings (SSSR count). The van der Waals surface area contributed by atoms with Crippen LogP contribution in [0.25, 0.3) is 0 Å². The molecule has 2 unspecified atom stereocenters. The van der Waals surface area contributed by atoms with Gasteiger partial charge >= 0.3 is 0 Å². The first-order valence-electron chi connectivity index (χ1n) is 10.5. The number of rotatable bonds is 4. The van der Waals surface area contributed by atoms with Crippen LogP contribution in [0.5, 0.6) is 5.75 Å². The number of amides is 2. The molecule has 1 N–H and O–H groups in total. The molecule has 9 heteroatoms. The van der Waals surface area contributed by atoms with Crippen molar-refractivity contribution in [3.63, 3.8) is 0 Å². The summed E-state index contributed by atoms with van der Waals surface area (Å²) >= 11 is 0. The predicted molar refractivity (Wildman–Crippen MR) is 114 cm³/mol. The fourth-order valence-corrected chi connectivity index (χ4v) is 5.46. The molecule has 1 heterocycles. The van der Waals surface area contributed by atoms with E-state index in [0.29, 0.717) is 31.7 Å². The van der Waals surface area contributed by atoms with Crippen LogP contribution in [-0.4, -0.2) is 74.5 Å². The SMILES string of the molecule is Cc1cccc(OCC(=O)N2CCNC(=O)C3CCCCC3N(S(C)(=O)=O)CC2)c1. The maximum Gasteiger partial charge on any atom is 0.260 e. The minimum absolute atomic E-state index is 0.126. The van der Waals surface area contributed by atoms with Crippen LogP contribution in [0.1, 0.15) is 31.2 Å². The van der Waals surface area contributed by atoms with Crippen molar-refractivity contribution in [1.82, 2.24) is 14.5 Å². The van der Waals surface area contributed by atoms with Gasteiger partial charge in [0.1, 0.15) is 5.75 Å². The van der Waals surface area contributed by atoms with Crippen molar-refractivity contribution in [3.8, 4) is 5.75 Å². The summed E-state index contributed by atoms with van der Waals surface area (Å²) in [4.78, 5) is 27.0. The Bertz CT molecular complexity index is 873. The highest BCUT2D eigenvalue weighted by Gasteiger charge is 2.39. The molecule has 0 bridgehead atoms. The third kappa shape index (κ3) is 5.72. The second-order valence-corrected chi connectivity index (χ2v) is 10.0. The summed E-state index contributed by atoms with van der Waals surface area (Å²) in [6.07, 6.45) is 4.35. The van der Waals surface area contributed by atoms with Crippen molar-refractivity contribution in [1.29, 1.82) is 0 Å². The maximum absolute atomic E-state index is 12.8. The highest BCUT2D eigenvalue weighted by atomic mass is 32.2. The van der Waals surface area contributed by atoms with Gasteiger partial charge in [-0.15, -0.1) is 0 Å². The number of ether oxygens (including phenoxy) is 1. The summed E-state index contributed by atoms with van der Waals surface area (Å²) in [6, 6.07) is 7.09. The Morgan fingerprint density at radius 3 is 2.70 bits per heavy atom. The molecule has 1 aromatic rings. The van der Waals surface area contributed by atoms with Gasteiger partial charge in [-0.05, 0) is 37.5 Å². The molecular weight excluding hydrogens is 406 g/mol. The van der Waals surface area contributed by atoms with Gasteiger partial charge in [0.2, 0.25) is 15.9 Å². The van der Waals surface area contributed by atoms with E-state index in [2.05, 4.69) is 5.32 Å². The zero-order chi connectivity index (χ0) is 21.7. The first kappa shape index (κ1) is 22.6. The van der Waals surface area contributed by atoms with Crippen LogP contribution in [0.15, 0.2) is 24.3 Å². The number of nitrogens with zero attached hydrogens (tertiary/aromatic N) is 2. The quantitative estimate of drug-likeness (QED) is 0.762. The fraction of sp³-hybridized carbons (Fsp3) is 0.619. The molecule has 8 nitrogen and oxygen atoms in total. The number of carbonyl (C=O) groups excluding carboxylic acids is 2. The van der Waals surface area contributed by atoms with Crippen molar-refractivity contribution < 1.29 is 22.7 Å². The summed E-state index contributed by atoms with van der Waals surface area (Å²) < 4.78 is 32.0. The zero-order valence-electron chi connectivity index (χ0n) is 17.7. The van der Waals surface area contributed by atoms with E-state index in [4.69, 9.17) is 4.74 Å². The summed E-state index contributed by atoms with van der Waals surface area (Å²) in [7, 11) is -3.51. The third-order valence-corrected chi connectivity index (χ3v) is 7.14. The molecule has 0 radical (unpaired) electrons. The van der Waals surface area contributed by atoms with Crippen LogP contribution >= 0.6 is 0 Å². The van der Waals surface area contributed by atoms with Crippen LogP contribution in [0.3, 0.4) is 0 Å². The van der Waals surface area contributed by atoms with Crippen LogP contribution in [0.4, 0.5) is 0 Å². The van der Waals surface area contributed by atoms with Gasteiger partial charge in [-0.3, -0.25) is 9.59 Å². The number of nitrogens with one attached hydrogen (secondary N) is 1. The van der Waals surface area contributed by atoms with Gasteiger partial charge in [-0.1, -0.05) is 25.0 Å². The summed E-state index contributed by atoms with van der Waals surface area (Å²) in [5.74, 6) is -0.0838. The smallest absolute Gasteiger partial charge is 0.260 e. The number of carbonyl (C=O) groups is 2. The summed E-state index contributed by atoms with van der Waals surface area (Å²) in [5, 5.41) is 2.89. The molecule has 166 valence electrons. The molecule has 2 fully saturated rings. The van der Waals surface area contributed by atoms with Crippen molar-refractivity contribution >= 4 is 21.8 Å². The lowest BCUT2D eigenvalue weighted by Gasteiger charge is -2.39.